The third-order valence-corrected chi connectivity index (χ3v) is 3.06. The van der Waals surface area contributed by atoms with Gasteiger partial charge in [0.1, 0.15) is 0 Å². The molecule has 0 aliphatic heterocycles. The van der Waals surface area contributed by atoms with Gasteiger partial charge in [0.05, 0.1) is 12.3 Å². The fraction of sp³-hybridized carbons (Fsp3) is 0.267. The number of halogens is 1. The minimum Gasteiger partial charge on any atom is -0.380 e. The van der Waals surface area contributed by atoms with Crippen LogP contribution in [-0.2, 0) is 17.9 Å². The van der Waals surface area contributed by atoms with Crippen molar-refractivity contribution in [3.05, 3.63) is 58.4 Å². The molecule has 1 aromatic carbocycles. The molecule has 0 radical (unpaired) electrons. The molecule has 0 saturated heterocycles. The molecule has 0 atom stereocenters. The quantitative estimate of drug-likeness (QED) is 0.844. The molecule has 0 bridgehead atoms. The number of hydrogen-bond acceptors (Lipinski definition) is 3. The second-order valence-electron chi connectivity index (χ2n) is 4.46. The number of anilines is 1. The summed E-state index contributed by atoms with van der Waals surface area (Å²) in [6.07, 6.45) is 1.76. The van der Waals surface area contributed by atoms with E-state index in [-0.39, 0.29) is 0 Å². The maximum absolute atomic E-state index is 6.05. The molecule has 1 aromatic heterocycles. The van der Waals surface area contributed by atoms with Crippen molar-refractivity contribution in [1.29, 1.82) is 0 Å². The summed E-state index contributed by atoms with van der Waals surface area (Å²) in [6.45, 7) is 3.33. The summed E-state index contributed by atoms with van der Waals surface area (Å²) in [6, 6.07) is 10.3. The fourth-order valence-electron chi connectivity index (χ4n) is 1.87. The van der Waals surface area contributed by atoms with E-state index in [1.807, 2.05) is 25.1 Å². The standard InChI is InChI=1S/C15H17ClN2O/c1-11-6-14(15(16)18-8-11)17-9-12-4-3-5-13(7-12)10-19-2/h3-8,17H,9-10H2,1-2H3. The van der Waals surface area contributed by atoms with Crippen molar-refractivity contribution in [2.24, 2.45) is 0 Å². The first-order valence-corrected chi connectivity index (χ1v) is 6.49. The zero-order valence-corrected chi connectivity index (χ0v) is 11.9. The monoisotopic (exact) mass is 276 g/mol. The Morgan fingerprint density at radius 3 is 2.84 bits per heavy atom. The molecule has 2 aromatic rings. The number of methoxy groups -OCH3 is 1. The highest BCUT2D eigenvalue weighted by molar-refractivity contribution is 6.31. The summed E-state index contributed by atoms with van der Waals surface area (Å²) in [5.41, 5.74) is 4.29. The molecule has 1 N–H and O–H groups in total. The number of rotatable bonds is 5. The summed E-state index contributed by atoms with van der Waals surface area (Å²) in [7, 11) is 1.70. The molecule has 0 aliphatic carbocycles. The van der Waals surface area contributed by atoms with Crippen LogP contribution in [0, 0.1) is 6.92 Å². The molecule has 0 fully saturated rings. The van der Waals surface area contributed by atoms with Gasteiger partial charge in [0.15, 0.2) is 5.15 Å². The van der Waals surface area contributed by atoms with Crippen molar-refractivity contribution < 1.29 is 4.74 Å². The predicted molar refractivity (Wildman–Crippen MR) is 78.5 cm³/mol. The maximum atomic E-state index is 6.05. The number of aryl methyl sites for hydroxylation is 1. The van der Waals surface area contributed by atoms with Crippen molar-refractivity contribution in [2.75, 3.05) is 12.4 Å². The number of aromatic nitrogens is 1. The molecule has 0 saturated carbocycles. The number of nitrogens with one attached hydrogen (secondary N) is 1. The molecule has 1 heterocycles. The van der Waals surface area contributed by atoms with E-state index in [0.29, 0.717) is 18.3 Å². The molecule has 0 spiro atoms. The van der Waals surface area contributed by atoms with Gasteiger partial charge in [0.25, 0.3) is 0 Å². The minimum absolute atomic E-state index is 0.499. The van der Waals surface area contributed by atoms with Gasteiger partial charge in [-0.3, -0.25) is 0 Å². The lowest BCUT2D eigenvalue weighted by Gasteiger charge is -2.09. The number of benzene rings is 1. The zero-order chi connectivity index (χ0) is 13.7. The van der Waals surface area contributed by atoms with Crippen LogP contribution in [0.5, 0.6) is 0 Å². The lowest BCUT2D eigenvalue weighted by molar-refractivity contribution is 0.185. The van der Waals surface area contributed by atoms with Gasteiger partial charge < -0.3 is 10.1 Å². The summed E-state index contributed by atoms with van der Waals surface area (Å²) in [5.74, 6) is 0. The van der Waals surface area contributed by atoms with Crippen LogP contribution in [0.15, 0.2) is 36.5 Å². The first-order valence-electron chi connectivity index (χ1n) is 6.12. The van der Waals surface area contributed by atoms with Crippen LogP contribution in [0.25, 0.3) is 0 Å². The molecule has 0 unspecified atom stereocenters. The molecule has 0 aliphatic rings. The number of pyridine rings is 1. The summed E-state index contributed by atoms with van der Waals surface area (Å²) in [4.78, 5) is 4.12. The maximum Gasteiger partial charge on any atom is 0.152 e. The van der Waals surface area contributed by atoms with Gasteiger partial charge in [-0.2, -0.15) is 0 Å². The largest absolute Gasteiger partial charge is 0.380 e. The number of ether oxygens (including phenoxy) is 1. The first-order chi connectivity index (χ1) is 9.19. The average molecular weight is 277 g/mol. The van der Waals surface area contributed by atoms with Gasteiger partial charge >= 0.3 is 0 Å². The summed E-state index contributed by atoms with van der Waals surface area (Å²) in [5, 5.41) is 3.80. The Morgan fingerprint density at radius 2 is 2.05 bits per heavy atom. The Bertz CT molecular complexity index is 558. The molecular weight excluding hydrogens is 260 g/mol. The van der Waals surface area contributed by atoms with Crippen molar-refractivity contribution in [1.82, 2.24) is 4.98 Å². The Morgan fingerprint density at radius 1 is 1.26 bits per heavy atom. The Labute approximate surface area is 118 Å². The van der Waals surface area contributed by atoms with Gasteiger partial charge in [-0.05, 0) is 29.7 Å². The Balaban J connectivity index is 2.05. The van der Waals surface area contributed by atoms with Crippen molar-refractivity contribution in [2.45, 2.75) is 20.1 Å². The zero-order valence-electron chi connectivity index (χ0n) is 11.1. The highest BCUT2D eigenvalue weighted by Crippen LogP contribution is 2.20. The number of nitrogens with zero attached hydrogens (tertiary/aromatic N) is 1. The van der Waals surface area contributed by atoms with Crippen LogP contribution in [0.3, 0.4) is 0 Å². The van der Waals surface area contributed by atoms with Crippen molar-refractivity contribution in [3.63, 3.8) is 0 Å². The van der Waals surface area contributed by atoms with Crippen LogP contribution in [0.2, 0.25) is 5.15 Å². The van der Waals surface area contributed by atoms with E-state index in [1.54, 1.807) is 13.3 Å². The lowest BCUT2D eigenvalue weighted by atomic mass is 10.1. The summed E-state index contributed by atoms with van der Waals surface area (Å²) < 4.78 is 5.13. The minimum atomic E-state index is 0.499. The van der Waals surface area contributed by atoms with Gasteiger partial charge in [0, 0.05) is 19.9 Å². The fourth-order valence-corrected chi connectivity index (χ4v) is 2.04. The molecule has 4 heteroatoms. The molecule has 100 valence electrons. The molecule has 0 amide bonds. The SMILES string of the molecule is COCc1cccc(CNc2cc(C)cnc2Cl)c1. The van der Waals surface area contributed by atoms with E-state index in [4.69, 9.17) is 16.3 Å². The molecule has 19 heavy (non-hydrogen) atoms. The molecule has 2 rings (SSSR count). The van der Waals surface area contributed by atoms with E-state index in [2.05, 4.69) is 22.4 Å². The van der Waals surface area contributed by atoms with Crippen molar-refractivity contribution >= 4 is 17.3 Å². The average Bonchev–Trinajstić information content (AvgIpc) is 2.41. The highest BCUT2D eigenvalue weighted by Gasteiger charge is 2.02. The van der Waals surface area contributed by atoms with E-state index >= 15 is 0 Å². The third kappa shape index (κ3) is 3.94. The first kappa shape index (κ1) is 13.8. The van der Waals surface area contributed by atoms with E-state index in [1.165, 1.54) is 5.56 Å². The van der Waals surface area contributed by atoms with Crippen LogP contribution in [0.4, 0.5) is 5.69 Å². The van der Waals surface area contributed by atoms with Crippen LogP contribution in [0.1, 0.15) is 16.7 Å². The van der Waals surface area contributed by atoms with E-state index in [0.717, 1.165) is 16.8 Å². The van der Waals surface area contributed by atoms with Gasteiger partial charge in [0.2, 0.25) is 0 Å². The lowest BCUT2D eigenvalue weighted by Crippen LogP contribution is -2.02. The predicted octanol–water partition coefficient (Wildman–Crippen LogP) is 3.80. The van der Waals surface area contributed by atoms with Crippen LogP contribution < -0.4 is 5.32 Å². The smallest absolute Gasteiger partial charge is 0.152 e. The third-order valence-electron chi connectivity index (χ3n) is 2.76. The summed E-state index contributed by atoms with van der Waals surface area (Å²) >= 11 is 6.05. The molecular formula is C15H17ClN2O. The van der Waals surface area contributed by atoms with Gasteiger partial charge in [-0.15, -0.1) is 0 Å². The second-order valence-corrected chi connectivity index (χ2v) is 4.82. The van der Waals surface area contributed by atoms with E-state index < -0.39 is 0 Å². The highest BCUT2D eigenvalue weighted by atomic mass is 35.5. The molecule has 3 nitrogen and oxygen atoms in total. The normalized spacial score (nSPS) is 10.5. The number of hydrogen-bond donors (Lipinski definition) is 1. The van der Waals surface area contributed by atoms with Crippen LogP contribution >= 0.6 is 11.6 Å². The van der Waals surface area contributed by atoms with Gasteiger partial charge in [-0.25, -0.2) is 4.98 Å². The topological polar surface area (TPSA) is 34.1 Å². The van der Waals surface area contributed by atoms with E-state index in [9.17, 15) is 0 Å². The van der Waals surface area contributed by atoms with Gasteiger partial charge in [-0.1, -0.05) is 35.9 Å². The second kappa shape index (κ2) is 6.55. The Kier molecular flexibility index (Phi) is 4.77. The Hall–Kier alpha value is -1.58. The van der Waals surface area contributed by atoms with Crippen molar-refractivity contribution in [3.8, 4) is 0 Å². The van der Waals surface area contributed by atoms with Crippen LogP contribution in [-0.4, -0.2) is 12.1 Å².